The lowest BCUT2D eigenvalue weighted by molar-refractivity contribution is -0.384. The number of ketones is 2. The number of carbonyl (C=O) groups is 2. The number of hydrogen-bond donors (Lipinski definition) is 1. The summed E-state index contributed by atoms with van der Waals surface area (Å²) in [6.45, 7) is -0.712. The van der Waals surface area contributed by atoms with Crippen LogP contribution in [0.4, 0.5) is 11.4 Å². The maximum absolute atomic E-state index is 14.0. The van der Waals surface area contributed by atoms with Crippen molar-refractivity contribution >= 4 is 38.7 Å². The zero-order valence-electron chi connectivity index (χ0n) is 21.7. The zero-order valence-corrected chi connectivity index (χ0v) is 22.5. The minimum atomic E-state index is -4.38. The Labute approximate surface area is 235 Å². The summed E-state index contributed by atoms with van der Waals surface area (Å²) in [6, 6.07) is 26.1. The van der Waals surface area contributed by atoms with Crippen molar-refractivity contribution in [1.29, 1.82) is 0 Å². The number of nitrogens with one attached hydrogen (secondary N) is 1. The van der Waals surface area contributed by atoms with Gasteiger partial charge in [-0.05, 0) is 42.5 Å². The second kappa shape index (κ2) is 11.1. The van der Waals surface area contributed by atoms with E-state index in [0.29, 0.717) is 11.4 Å². The maximum Gasteiger partial charge on any atom is 0.269 e. The number of methoxy groups -OCH3 is 1. The van der Waals surface area contributed by atoms with Crippen molar-refractivity contribution in [2.75, 3.05) is 19.0 Å². The summed E-state index contributed by atoms with van der Waals surface area (Å²) in [5.74, 6) is -0.659. The van der Waals surface area contributed by atoms with Gasteiger partial charge in [-0.2, -0.15) is 0 Å². The van der Waals surface area contributed by atoms with Gasteiger partial charge in [-0.15, -0.1) is 0 Å². The smallest absolute Gasteiger partial charge is 0.269 e. The number of nitrogens with zero attached hydrogens (tertiary/aromatic N) is 2. The second-order valence-corrected chi connectivity index (χ2v) is 10.8. The molecule has 0 saturated carbocycles. The molecular formula is C30H23N3O7S. The number of allylic oxidation sites excluding steroid dienone is 1. The number of sulfonamides is 1. The van der Waals surface area contributed by atoms with Crippen LogP contribution in [0.5, 0.6) is 5.75 Å². The second-order valence-electron chi connectivity index (χ2n) is 9.01. The molecule has 0 atom stereocenters. The number of anilines is 1. The highest BCUT2D eigenvalue weighted by molar-refractivity contribution is 7.89. The molecule has 0 bridgehead atoms. The van der Waals surface area contributed by atoms with E-state index in [1.165, 1.54) is 25.3 Å². The lowest BCUT2D eigenvalue weighted by Gasteiger charge is -2.33. The number of Topliss-reactive ketones (excluding diaryl/α,β-unsaturated/α-hetero) is 2. The SMILES string of the molecule is COc1ccc(NC2=C(C(=O)c3ccccc3)N(CC(=O)c3ccc([N+](=O)[O-])cc3)S(=O)(=O)c3ccccc32)cc1. The van der Waals surface area contributed by atoms with Crippen LogP contribution >= 0.6 is 0 Å². The molecular weight excluding hydrogens is 546 g/mol. The molecule has 0 aromatic heterocycles. The normalized spacial score (nSPS) is 13.7. The van der Waals surface area contributed by atoms with Gasteiger partial charge < -0.3 is 10.1 Å². The Morgan fingerprint density at radius 1 is 0.854 bits per heavy atom. The maximum atomic E-state index is 14.0. The topological polar surface area (TPSA) is 136 Å². The van der Waals surface area contributed by atoms with Crippen molar-refractivity contribution in [3.05, 3.63) is 136 Å². The third-order valence-electron chi connectivity index (χ3n) is 6.51. The molecule has 4 aromatic carbocycles. The molecule has 10 nitrogen and oxygen atoms in total. The van der Waals surface area contributed by atoms with Crippen molar-refractivity contribution in [2.24, 2.45) is 0 Å². The molecule has 0 spiro atoms. The Morgan fingerprint density at radius 3 is 2.12 bits per heavy atom. The standard InChI is InChI=1S/C30H23N3O7S/c1-40-24-17-13-22(14-18-24)31-28-25-9-5-6-10-27(25)41(38,39)32(29(28)30(35)21-7-3-2-4-8-21)19-26(34)20-11-15-23(16-12-20)33(36)37/h2-18,31H,19H2,1H3. The first-order chi connectivity index (χ1) is 19.7. The number of nitro benzene ring substituents is 1. The van der Waals surface area contributed by atoms with Crippen LogP contribution in [0, 0.1) is 10.1 Å². The molecule has 0 fully saturated rings. The number of ether oxygens (including phenoxy) is 1. The molecule has 1 N–H and O–H groups in total. The van der Waals surface area contributed by atoms with Gasteiger partial charge in [0.05, 0.1) is 29.2 Å². The van der Waals surface area contributed by atoms with Gasteiger partial charge in [-0.3, -0.25) is 24.0 Å². The fourth-order valence-corrected chi connectivity index (χ4v) is 6.08. The van der Waals surface area contributed by atoms with Crippen LogP contribution in [0.15, 0.2) is 114 Å². The van der Waals surface area contributed by atoms with Crippen LogP contribution in [-0.4, -0.2) is 42.9 Å². The fourth-order valence-electron chi connectivity index (χ4n) is 4.44. The van der Waals surface area contributed by atoms with Crippen molar-refractivity contribution < 1.29 is 27.7 Å². The molecule has 1 aliphatic rings. The van der Waals surface area contributed by atoms with Gasteiger partial charge in [0.1, 0.15) is 11.4 Å². The predicted molar refractivity (Wildman–Crippen MR) is 152 cm³/mol. The molecule has 0 radical (unpaired) electrons. The molecule has 0 saturated heterocycles. The number of carbonyl (C=O) groups excluding carboxylic acids is 2. The Morgan fingerprint density at radius 2 is 1.49 bits per heavy atom. The molecule has 1 aliphatic heterocycles. The fraction of sp³-hybridized carbons (Fsp3) is 0.0667. The summed E-state index contributed by atoms with van der Waals surface area (Å²) in [6.07, 6.45) is 0. The summed E-state index contributed by atoms with van der Waals surface area (Å²) >= 11 is 0. The van der Waals surface area contributed by atoms with Crippen LogP contribution < -0.4 is 10.1 Å². The van der Waals surface area contributed by atoms with E-state index < -0.39 is 33.1 Å². The van der Waals surface area contributed by atoms with E-state index in [1.54, 1.807) is 72.8 Å². The van der Waals surface area contributed by atoms with Crippen molar-refractivity contribution in [2.45, 2.75) is 4.90 Å². The van der Waals surface area contributed by atoms with E-state index in [0.717, 1.165) is 16.4 Å². The van der Waals surface area contributed by atoms with E-state index in [4.69, 9.17) is 4.74 Å². The van der Waals surface area contributed by atoms with E-state index in [2.05, 4.69) is 5.32 Å². The van der Waals surface area contributed by atoms with Gasteiger partial charge in [-0.1, -0.05) is 48.5 Å². The van der Waals surface area contributed by atoms with Crippen molar-refractivity contribution in [1.82, 2.24) is 4.31 Å². The van der Waals surface area contributed by atoms with Gasteiger partial charge >= 0.3 is 0 Å². The summed E-state index contributed by atoms with van der Waals surface area (Å²) < 4.78 is 34.0. The van der Waals surface area contributed by atoms with Crippen LogP contribution in [0.1, 0.15) is 26.3 Å². The van der Waals surface area contributed by atoms with E-state index in [1.807, 2.05) is 0 Å². The Bertz CT molecular complexity index is 1780. The quantitative estimate of drug-likeness (QED) is 0.166. The molecule has 206 valence electrons. The van der Waals surface area contributed by atoms with Crippen LogP contribution in [0.2, 0.25) is 0 Å². The first-order valence-corrected chi connectivity index (χ1v) is 13.8. The largest absolute Gasteiger partial charge is 0.497 e. The number of non-ortho nitro benzene ring substituents is 1. The van der Waals surface area contributed by atoms with E-state index in [-0.39, 0.29) is 38.7 Å². The number of fused-ring (bicyclic) bond motifs is 1. The Kier molecular flexibility index (Phi) is 7.36. The molecule has 5 rings (SSSR count). The van der Waals surface area contributed by atoms with E-state index >= 15 is 0 Å². The van der Waals surface area contributed by atoms with Gasteiger partial charge in [0, 0.05) is 34.5 Å². The summed E-state index contributed by atoms with van der Waals surface area (Å²) in [7, 11) is -2.85. The van der Waals surface area contributed by atoms with Crippen LogP contribution in [0.25, 0.3) is 5.70 Å². The summed E-state index contributed by atoms with van der Waals surface area (Å²) in [5, 5.41) is 14.3. The molecule has 4 aromatic rings. The van der Waals surface area contributed by atoms with Crippen molar-refractivity contribution in [3.63, 3.8) is 0 Å². The average Bonchev–Trinajstić information content (AvgIpc) is 3.00. The first kappa shape index (κ1) is 27.3. The first-order valence-electron chi connectivity index (χ1n) is 12.4. The number of hydrogen-bond acceptors (Lipinski definition) is 8. The predicted octanol–water partition coefficient (Wildman–Crippen LogP) is 5.15. The summed E-state index contributed by atoms with van der Waals surface area (Å²) in [4.78, 5) is 37.8. The molecule has 0 amide bonds. The van der Waals surface area contributed by atoms with Gasteiger partial charge in [-0.25, -0.2) is 8.42 Å². The third kappa shape index (κ3) is 5.30. The summed E-state index contributed by atoms with van der Waals surface area (Å²) in [5.41, 5.74) is 0.843. The molecule has 1 heterocycles. The number of rotatable bonds is 9. The highest BCUT2D eigenvalue weighted by atomic mass is 32.2. The third-order valence-corrected chi connectivity index (χ3v) is 8.31. The highest BCUT2D eigenvalue weighted by Crippen LogP contribution is 2.39. The van der Waals surface area contributed by atoms with Gasteiger partial charge in [0.25, 0.3) is 15.7 Å². The Hall–Kier alpha value is -5.29. The monoisotopic (exact) mass is 569 g/mol. The number of nitro groups is 1. The highest BCUT2D eigenvalue weighted by Gasteiger charge is 2.41. The minimum absolute atomic E-state index is 0.0563. The zero-order chi connectivity index (χ0) is 29.1. The van der Waals surface area contributed by atoms with Crippen molar-refractivity contribution in [3.8, 4) is 5.75 Å². The molecule has 0 aliphatic carbocycles. The van der Waals surface area contributed by atoms with Gasteiger partial charge in [0.15, 0.2) is 5.78 Å². The lowest BCUT2D eigenvalue weighted by Crippen LogP contribution is -2.42. The number of benzene rings is 4. The minimum Gasteiger partial charge on any atom is -0.497 e. The van der Waals surface area contributed by atoms with Gasteiger partial charge in [0.2, 0.25) is 5.78 Å². The van der Waals surface area contributed by atoms with Crippen LogP contribution in [0.3, 0.4) is 0 Å². The average molecular weight is 570 g/mol. The van der Waals surface area contributed by atoms with Crippen LogP contribution in [-0.2, 0) is 10.0 Å². The van der Waals surface area contributed by atoms with E-state index in [9.17, 15) is 28.1 Å². The Balaban J connectivity index is 1.68. The lowest BCUT2D eigenvalue weighted by atomic mass is 10.0. The molecule has 41 heavy (non-hydrogen) atoms. The molecule has 0 unspecified atom stereocenters. The molecule has 11 heteroatoms.